The average molecular weight is 238 g/mol. The van der Waals surface area contributed by atoms with E-state index in [-0.39, 0.29) is 5.56 Å². The quantitative estimate of drug-likeness (QED) is 0.625. The van der Waals surface area contributed by atoms with E-state index < -0.39 is 17.7 Å². The van der Waals surface area contributed by atoms with Crippen molar-refractivity contribution in [3.8, 4) is 0 Å². The van der Waals surface area contributed by atoms with Gasteiger partial charge in [0.1, 0.15) is 0 Å². The zero-order chi connectivity index (χ0) is 12.4. The maximum atomic E-state index is 13.7. The Bertz CT molecular complexity index is 524. The number of nitrogens with one attached hydrogen (secondary N) is 1. The van der Waals surface area contributed by atoms with Crippen molar-refractivity contribution in [2.75, 3.05) is 0 Å². The Morgan fingerprint density at radius 3 is 2.71 bits per heavy atom. The van der Waals surface area contributed by atoms with Crippen LogP contribution in [0.2, 0.25) is 0 Å². The van der Waals surface area contributed by atoms with Crippen molar-refractivity contribution < 1.29 is 8.78 Å². The van der Waals surface area contributed by atoms with E-state index in [1.54, 1.807) is 24.0 Å². The molecule has 0 aliphatic carbocycles. The van der Waals surface area contributed by atoms with Gasteiger partial charge < -0.3 is 0 Å². The van der Waals surface area contributed by atoms with Gasteiger partial charge in [-0.15, -0.1) is 0 Å². The van der Waals surface area contributed by atoms with Crippen LogP contribution in [0.15, 0.2) is 30.5 Å². The Hall–Kier alpha value is -1.79. The molecule has 4 nitrogen and oxygen atoms in total. The first kappa shape index (κ1) is 11.7. The molecule has 1 aromatic heterocycles. The Labute approximate surface area is 97.0 Å². The molecule has 0 saturated carbocycles. The van der Waals surface area contributed by atoms with Gasteiger partial charge in [0.15, 0.2) is 11.6 Å². The van der Waals surface area contributed by atoms with Gasteiger partial charge in [0.2, 0.25) is 0 Å². The van der Waals surface area contributed by atoms with E-state index in [4.69, 9.17) is 5.84 Å². The summed E-state index contributed by atoms with van der Waals surface area (Å²) in [5.41, 5.74) is 3.26. The molecule has 0 radical (unpaired) electrons. The van der Waals surface area contributed by atoms with E-state index in [9.17, 15) is 8.78 Å². The summed E-state index contributed by atoms with van der Waals surface area (Å²) in [7, 11) is 1.71. The topological polar surface area (TPSA) is 55.9 Å². The van der Waals surface area contributed by atoms with Gasteiger partial charge >= 0.3 is 0 Å². The Morgan fingerprint density at radius 2 is 2.12 bits per heavy atom. The van der Waals surface area contributed by atoms with Crippen LogP contribution >= 0.6 is 0 Å². The summed E-state index contributed by atoms with van der Waals surface area (Å²) in [6.45, 7) is 0. The molecule has 0 amide bonds. The van der Waals surface area contributed by atoms with E-state index in [2.05, 4.69) is 10.5 Å². The molecule has 3 N–H and O–H groups in total. The van der Waals surface area contributed by atoms with Gasteiger partial charge in [-0.3, -0.25) is 10.5 Å². The number of benzene rings is 1. The smallest absolute Gasteiger partial charge is 0.164 e. The van der Waals surface area contributed by atoms with Gasteiger partial charge in [-0.1, -0.05) is 12.1 Å². The molecular formula is C11H12F2N4. The third-order valence-corrected chi connectivity index (χ3v) is 2.61. The fraction of sp³-hybridized carbons (Fsp3) is 0.182. The number of hydrogen-bond donors (Lipinski definition) is 2. The van der Waals surface area contributed by atoms with Crippen LogP contribution in [0.1, 0.15) is 17.3 Å². The standard InChI is InChI=1S/C11H12F2N4/c1-17-9(5-6-15-17)11(16-14)7-3-2-4-8(12)10(7)13/h2-6,11,16H,14H2,1H3. The largest absolute Gasteiger partial charge is 0.271 e. The van der Waals surface area contributed by atoms with Crippen molar-refractivity contribution in [1.82, 2.24) is 15.2 Å². The van der Waals surface area contributed by atoms with Crippen molar-refractivity contribution in [3.05, 3.63) is 53.4 Å². The van der Waals surface area contributed by atoms with E-state index in [1.165, 1.54) is 12.1 Å². The lowest BCUT2D eigenvalue weighted by Gasteiger charge is -2.17. The summed E-state index contributed by atoms with van der Waals surface area (Å²) >= 11 is 0. The van der Waals surface area contributed by atoms with Gasteiger partial charge in [-0.05, 0) is 12.1 Å². The number of aryl methyl sites for hydroxylation is 1. The van der Waals surface area contributed by atoms with Gasteiger partial charge in [0.25, 0.3) is 0 Å². The summed E-state index contributed by atoms with van der Waals surface area (Å²) in [4.78, 5) is 0. The number of hydrogen-bond acceptors (Lipinski definition) is 3. The van der Waals surface area contributed by atoms with Crippen molar-refractivity contribution in [3.63, 3.8) is 0 Å². The maximum Gasteiger partial charge on any atom is 0.164 e. The van der Waals surface area contributed by atoms with Gasteiger partial charge in [-0.2, -0.15) is 5.10 Å². The molecule has 1 atom stereocenters. The molecular weight excluding hydrogens is 226 g/mol. The summed E-state index contributed by atoms with van der Waals surface area (Å²) in [5, 5.41) is 3.97. The van der Waals surface area contributed by atoms with Crippen molar-refractivity contribution >= 4 is 0 Å². The predicted molar refractivity (Wildman–Crippen MR) is 58.7 cm³/mol. The highest BCUT2D eigenvalue weighted by Crippen LogP contribution is 2.24. The highest BCUT2D eigenvalue weighted by atomic mass is 19.2. The lowest BCUT2D eigenvalue weighted by atomic mass is 10.0. The summed E-state index contributed by atoms with van der Waals surface area (Å²) in [6, 6.07) is 5.03. The minimum atomic E-state index is -0.906. The molecule has 2 aromatic rings. The molecule has 0 bridgehead atoms. The molecule has 1 unspecified atom stereocenters. The second kappa shape index (κ2) is 4.60. The van der Waals surface area contributed by atoms with Crippen LogP contribution in [0, 0.1) is 11.6 Å². The third-order valence-electron chi connectivity index (χ3n) is 2.61. The highest BCUT2D eigenvalue weighted by molar-refractivity contribution is 5.29. The van der Waals surface area contributed by atoms with Crippen LogP contribution in [0.25, 0.3) is 0 Å². The van der Waals surface area contributed by atoms with Gasteiger partial charge in [0, 0.05) is 18.8 Å². The molecule has 0 fully saturated rings. The first-order valence-electron chi connectivity index (χ1n) is 5.03. The molecule has 0 aliphatic rings. The van der Waals surface area contributed by atoms with Crippen LogP contribution in [-0.2, 0) is 7.05 Å². The van der Waals surface area contributed by atoms with E-state index in [0.717, 1.165) is 6.07 Å². The molecule has 0 saturated heterocycles. The molecule has 2 rings (SSSR count). The number of rotatable bonds is 3. The van der Waals surface area contributed by atoms with Crippen molar-refractivity contribution in [2.45, 2.75) is 6.04 Å². The van der Waals surface area contributed by atoms with Crippen molar-refractivity contribution in [2.24, 2.45) is 12.9 Å². The minimum Gasteiger partial charge on any atom is -0.271 e. The van der Waals surface area contributed by atoms with Crippen LogP contribution < -0.4 is 11.3 Å². The molecule has 17 heavy (non-hydrogen) atoms. The van der Waals surface area contributed by atoms with E-state index in [0.29, 0.717) is 5.69 Å². The maximum absolute atomic E-state index is 13.7. The first-order chi connectivity index (χ1) is 8.15. The average Bonchev–Trinajstić information content (AvgIpc) is 2.72. The van der Waals surface area contributed by atoms with Crippen molar-refractivity contribution in [1.29, 1.82) is 0 Å². The fourth-order valence-corrected chi connectivity index (χ4v) is 1.75. The highest BCUT2D eigenvalue weighted by Gasteiger charge is 2.21. The second-order valence-electron chi connectivity index (χ2n) is 3.62. The zero-order valence-electron chi connectivity index (χ0n) is 9.19. The molecule has 6 heteroatoms. The van der Waals surface area contributed by atoms with Crippen LogP contribution in [0.5, 0.6) is 0 Å². The monoisotopic (exact) mass is 238 g/mol. The lowest BCUT2D eigenvalue weighted by Crippen LogP contribution is -2.31. The summed E-state index contributed by atoms with van der Waals surface area (Å²) in [6.07, 6.45) is 1.57. The molecule has 1 aromatic carbocycles. The first-order valence-corrected chi connectivity index (χ1v) is 5.03. The van der Waals surface area contributed by atoms with Crippen LogP contribution in [0.4, 0.5) is 8.78 Å². The number of nitrogens with two attached hydrogens (primary N) is 1. The summed E-state index contributed by atoms with van der Waals surface area (Å²) in [5.74, 6) is 3.60. The molecule has 1 heterocycles. The number of hydrazine groups is 1. The normalized spacial score (nSPS) is 12.7. The number of nitrogens with zero attached hydrogens (tertiary/aromatic N) is 2. The van der Waals surface area contributed by atoms with Gasteiger partial charge in [-0.25, -0.2) is 14.2 Å². The Morgan fingerprint density at radius 1 is 1.35 bits per heavy atom. The van der Waals surface area contributed by atoms with E-state index >= 15 is 0 Å². The molecule has 0 spiro atoms. The Kier molecular flexibility index (Phi) is 3.16. The zero-order valence-corrected chi connectivity index (χ0v) is 9.19. The minimum absolute atomic E-state index is 0.149. The predicted octanol–water partition coefficient (Wildman–Crippen LogP) is 1.25. The molecule has 0 aliphatic heterocycles. The number of aromatic nitrogens is 2. The Balaban J connectivity index is 2.50. The SMILES string of the molecule is Cn1nccc1C(NN)c1cccc(F)c1F. The van der Waals surface area contributed by atoms with E-state index in [1.807, 2.05) is 0 Å². The second-order valence-corrected chi connectivity index (χ2v) is 3.62. The summed E-state index contributed by atoms with van der Waals surface area (Å²) < 4.78 is 28.4. The van der Waals surface area contributed by atoms with Crippen LogP contribution in [-0.4, -0.2) is 9.78 Å². The number of halogens is 2. The third kappa shape index (κ3) is 2.04. The fourth-order valence-electron chi connectivity index (χ4n) is 1.75. The van der Waals surface area contributed by atoms with Gasteiger partial charge in [0.05, 0.1) is 11.7 Å². The van der Waals surface area contributed by atoms with Crippen LogP contribution in [0.3, 0.4) is 0 Å². The lowest BCUT2D eigenvalue weighted by molar-refractivity contribution is 0.476. The molecule has 90 valence electrons.